The fraction of sp³-hybridized carbons (Fsp3) is 0.588. The van der Waals surface area contributed by atoms with Gasteiger partial charge in [-0.3, -0.25) is 0 Å². The quantitative estimate of drug-likeness (QED) is 0.845. The van der Waals surface area contributed by atoms with E-state index in [2.05, 4.69) is 31.4 Å². The number of nitrogens with two attached hydrogens (primary N) is 1. The second kappa shape index (κ2) is 4.80. The predicted molar refractivity (Wildman–Crippen MR) is 84.8 cm³/mol. The van der Waals surface area contributed by atoms with Crippen molar-refractivity contribution in [3.05, 3.63) is 24.0 Å². The summed E-state index contributed by atoms with van der Waals surface area (Å²) in [6, 6.07) is 6.11. The number of benzene rings is 1. The molecule has 0 radical (unpaired) electrons. The molecule has 0 unspecified atom stereocenters. The molecule has 0 amide bonds. The van der Waals surface area contributed by atoms with Crippen molar-refractivity contribution in [2.24, 2.45) is 5.41 Å². The minimum absolute atomic E-state index is 0.429. The first-order valence-electron chi connectivity index (χ1n) is 7.74. The number of hydrogen-bond donors (Lipinski definition) is 1. The third-order valence-corrected chi connectivity index (χ3v) is 4.67. The minimum atomic E-state index is 0.429. The van der Waals surface area contributed by atoms with Crippen molar-refractivity contribution in [2.75, 3.05) is 5.73 Å². The molecule has 1 aromatic heterocycles. The van der Waals surface area contributed by atoms with Crippen LogP contribution in [0.25, 0.3) is 11.0 Å². The number of anilines is 1. The van der Waals surface area contributed by atoms with Crippen molar-refractivity contribution in [3.63, 3.8) is 0 Å². The zero-order valence-electron chi connectivity index (χ0n) is 12.8. The molecule has 3 nitrogen and oxygen atoms in total. The van der Waals surface area contributed by atoms with Gasteiger partial charge in [0.25, 0.3) is 0 Å². The molecule has 3 heteroatoms. The molecule has 0 bridgehead atoms. The highest BCUT2D eigenvalue weighted by Gasteiger charge is 2.30. The zero-order valence-corrected chi connectivity index (χ0v) is 12.8. The lowest BCUT2D eigenvalue weighted by Gasteiger charge is -2.26. The van der Waals surface area contributed by atoms with Crippen molar-refractivity contribution < 1.29 is 0 Å². The van der Waals surface area contributed by atoms with Crippen molar-refractivity contribution in [2.45, 2.75) is 58.9 Å². The Balaban J connectivity index is 2.09. The van der Waals surface area contributed by atoms with E-state index in [9.17, 15) is 0 Å². The van der Waals surface area contributed by atoms with Crippen LogP contribution in [0, 0.1) is 5.41 Å². The smallest absolute Gasteiger partial charge is 0.112 e. The van der Waals surface area contributed by atoms with Gasteiger partial charge in [-0.1, -0.05) is 33.6 Å². The zero-order chi connectivity index (χ0) is 14.3. The van der Waals surface area contributed by atoms with Crippen LogP contribution in [-0.4, -0.2) is 9.55 Å². The summed E-state index contributed by atoms with van der Waals surface area (Å²) < 4.78 is 2.44. The highest BCUT2D eigenvalue weighted by molar-refractivity contribution is 5.79. The number of fused-ring (bicyclic) bond motifs is 1. The number of hydrogen-bond acceptors (Lipinski definition) is 2. The van der Waals surface area contributed by atoms with Crippen LogP contribution < -0.4 is 5.73 Å². The van der Waals surface area contributed by atoms with E-state index in [0.717, 1.165) is 17.7 Å². The van der Waals surface area contributed by atoms with Crippen LogP contribution in [-0.2, 0) is 6.54 Å². The molecule has 1 saturated carbocycles. The fourth-order valence-electron chi connectivity index (χ4n) is 3.54. The minimum Gasteiger partial charge on any atom is -0.399 e. The van der Waals surface area contributed by atoms with E-state index in [-0.39, 0.29) is 0 Å². The van der Waals surface area contributed by atoms with E-state index >= 15 is 0 Å². The first-order chi connectivity index (χ1) is 9.48. The first-order valence-corrected chi connectivity index (χ1v) is 7.74. The third kappa shape index (κ3) is 2.30. The summed E-state index contributed by atoms with van der Waals surface area (Å²) in [5.41, 5.74) is 9.39. The number of imidazole rings is 1. The van der Waals surface area contributed by atoms with Gasteiger partial charge in [0.2, 0.25) is 0 Å². The highest BCUT2D eigenvalue weighted by atomic mass is 15.1. The van der Waals surface area contributed by atoms with Gasteiger partial charge < -0.3 is 10.3 Å². The Kier molecular flexibility index (Phi) is 3.23. The van der Waals surface area contributed by atoms with Crippen LogP contribution in [0.4, 0.5) is 5.69 Å². The summed E-state index contributed by atoms with van der Waals surface area (Å²) in [5.74, 6) is 1.63. The fourth-order valence-corrected chi connectivity index (χ4v) is 3.54. The molecule has 2 N–H and O–H groups in total. The van der Waals surface area contributed by atoms with Gasteiger partial charge in [0, 0.05) is 18.2 Å². The molecule has 0 atom stereocenters. The summed E-state index contributed by atoms with van der Waals surface area (Å²) in [5, 5.41) is 0. The van der Waals surface area contributed by atoms with Crippen LogP contribution in [0.3, 0.4) is 0 Å². The lowest BCUT2D eigenvalue weighted by molar-refractivity contribution is 0.280. The average Bonchev–Trinajstić information content (AvgIpc) is 2.94. The summed E-state index contributed by atoms with van der Waals surface area (Å²) in [4.78, 5) is 4.83. The summed E-state index contributed by atoms with van der Waals surface area (Å²) in [6.45, 7) is 7.95. The maximum Gasteiger partial charge on any atom is 0.112 e. The van der Waals surface area contributed by atoms with Crippen molar-refractivity contribution in [3.8, 4) is 0 Å². The van der Waals surface area contributed by atoms with Gasteiger partial charge in [0.15, 0.2) is 0 Å². The third-order valence-electron chi connectivity index (χ3n) is 4.67. The normalized spacial score (nSPS) is 18.2. The Morgan fingerprint density at radius 2 is 2.00 bits per heavy atom. The van der Waals surface area contributed by atoms with Gasteiger partial charge in [-0.25, -0.2) is 4.98 Å². The van der Waals surface area contributed by atoms with E-state index in [1.807, 2.05) is 12.1 Å². The van der Waals surface area contributed by atoms with Crippen molar-refractivity contribution in [1.29, 1.82) is 0 Å². The second-order valence-electron chi connectivity index (χ2n) is 6.98. The number of rotatable bonds is 3. The molecule has 1 aliphatic rings. The van der Waals surface area contributed by atoms with Gasteiger partial charge in [-0.15, -0.1) is 0 Å². The topological polar surface area (TPSA) is 43.8 Å². The molecule has 1 fully saturated rings. The SMILES string of the molecule is CC(C)c1nc2cc(N)ccc2n1CC1(C)CCCC1. The van der Waals surface area contributed by atoms with Crippen LogP contribution >= 0.6 is 0 Å². The summed E-state index contributed by atoms with van der Waals surface area (Å²) in [7, 11) is 0. The van der Waals surface area contributed by atoms with E-state index in [1.165, 1.54) is 37.0 Å². The van der Waals surface area contributed by atoms with E-state index in [1.54, 1.807) is 0 Å². The molecule has 1 aromatic carbocycles. The highest BCUT2D eigenvalue weighted by Crippen LogP contribution is 2.40. The molecule has 0 saturated heterocycles. The molecule has 3 rings (SSSR count). The lowest BCUT2D eigenvalue weighted by atomic mass is 9.88. The maximum absolute atomic E-state index is 5.90. The van der Waals surface area contributed by atoms with Crippen LogP contribution in [0.5, 0.6) is 0 Å². The predicted octanol–water partition coefficient (Wildman–Crippen LogP) is 4.32. The molecule has 0 spiro atoms. The van der Waals surface area contributed by atoms with Gasteiger partial charge in [-0.05, 0) is 36.5 Å². The van der Waals surface area contributed by atoms with Crippen LogP contribution in [0.15, 0.2) is 18.2 Å². The van der Waals surface area contributed by atoms with Crippen molar-refractivity contribution >= 4 is 16.7 Å². The Morgan fingerprint density at radius 3 is 2.65 bits per heavy atom. The Morgan fingerprint density at radius 1 is 1.30 bits per heavy atom. The Hall–Kier alpha value is -1.51. The van der Waals surface area contributed by atoms with E-state index < -0.39 is 0 Å². The Bertz CT molecular complexity index is 618. The van der Waals surface area contributed by atoms with Crippen LogP contribution in [0.1, 0.15) is 58.2 Å². The van der Waals surface area contributed by atoms with Gasteiger partial charge in [-0.2, -0.15) is 0 Å². The molecule has 2 aromatic rings. The lowest BCUT2D eigenvalue weighted by Crippen LogP contribution is -2.21. The van der Waals surface area contributed by atoms with E-state index in [4.69, 9.17) is 10.7 Å². The summed E-state index contributed by atoms with van der Waals surface area (Å²) >= 11 is 0. The Labute approximate surface area is 121 Å². The van der Waals surface area contributed by atoms with Gasteiger partial charge in [0.1, 0.15) is 5.82 Å². The van der Waals surface area contributed by atoms with E-state index in [0.29, 0.717) is 11.3 Å². The summed E-state index contributed by atoms with van der Waals surface area (Å²) in [6.07, 6.45) is 5.40. The standard InChI is InChI=1S/C17H25N3/c1-12(2)16-19-14-10-13(18)6-7-15(14)20(16)11-17(3)8-4-5-9-17/h6-7,10,12H,4-5,8-9,11,18H2,1-3H3. The monoisotopic (exact) mass is 271 g/mol. The van der Waals surface area contributed by atoms with Gasteiger partial charge >= 0.3 is 0 Å². The van der Waals surface area contributed by atoms with Crippen LogP contribution in [0.2, 0.25) is 0 Å². The molecular formula is C17H25N3. The molecule has 1 aliphatic carbocycles. The number of nitrogens with zero attached hydrogens (tertiary/aromatic N) is 2. The molecular weight excluding hydrogens is 246 g/mol. The molecule has 0 aliphatic heterocycles. The number of aromatic nitrogens is 2. The maximum atomic E-state index is 5.90. The molecule has 1 heterocycles. The first kappa shape index (κ1) is 13.5. The molecule has 108 valence electrons. The largest absolute Gasteiger partial charge is 0.399 e. The van der Waals surface area contributed by atoms with Gasteiger partial charge in [0.05, 0.1) is 11.0 Å². The number of nitrogen functional groups attached to an aromatic ring is 1. The van der Waals surface area contributed by atoms with Crippen molar-refractivity contribution in [1.82, 2.24) is 9.55 Å². The molecule has 20 heavy (non-hydrogen) atoms. The average molecular weight is 271 g/mol. The second-order valence-corrected chi connectivity index (χ2v) is 6.98.